The molecule has 0 N–H and O–H groups in total. The predicted octanol–water partition coefficient (Wildman–Crippen LogP) is 1.90. The molecular formula is C11H17BrO4. The Labute approximate surface area is 104 Å². The number of carbonyl (C=O) groups is 2. The van der Waals surface area contributed by atoms with E-state index in [0.717, 1.165) is 0 Å². The Morgan fingerprint density at radius 2 is 1.81 bits per heavy atom. The van der Waals surface area contributed by atoms with Gasteiger partial charge in [0, 0.05) is 5.33 Å². The number of methoxy groups -OCH3 is 2. The van der Waals surface area contributed by atoms with Gasteiger partial charge < -0.3 is 9.47 Å². The molecule has 1 fully saturated rings. The standard InChI is InChI=1S/C11H17BrO4/c1-15-9(13)8-3-5-11(7-12,6-4-8)10(14)16-2/h8H,3-7H2,1-2H3. The molecule has 5 heteroatoms. The molecule has 0 atom stereocenters. The molecule has 0 aromatic rings. The van der Waals surface area contributed by atoms with Gasteiger partial charge in [-0.3, -0.25) is 9.59 Å². The minimum Gasteiger partial charge on any atom is -0.469 e. The topological polar surface area (TPSA) is 52.6 Å². The van der Waals surface area contributed by atoms with Gasteiger partial charge in [0.25, 0.3) is 0 Å². The molecule has 1 aliphatic rings. The average Bonchev–Trinajstić information content (AvgIpc) is 2.36. The molecule has 1 aliphatic carbocycles. The zero-order valence-corrected chi connectivity index (χ0v) is 11.2. The lowest BCUT2D eigenvalue weighted by Gasteiger charge is -2.35. The van der Waals surface area contributed by atoms with Gasteiger partial charge in [-0.15, -0.1) is 0 Å². The van der Waals surface area contributed by atoms with Crippen molar-refractivity contribution in [2.75, 3.05) is 19.5 Å². The molecule has 0 saturated heterocycles. The van der Waals surface area contributed by atoms with Gasteiger partial charge in [0.05, 0.1) is 25.6 Å². The van der Waals surface area contributed by atoms with Crippen molar-refractivity contribution in [1.29, 1.82) is 0 Å². The van der Waals surface area contributed by atoms with Crippen molar-refractivity contribution >= 4 is 27.9 Å². The minimum atomic E-state index is -0.459. The maximum atomic E-state index is 11.7. The van der Waals surface area contributed by atoms with Gasteiger partial charge in [0.2, 0.25) is 0 Å². The Morgan fingerprint density at radius 3 is 2.19 bits per heavy atom. The van der Waals surface area contributed by atoms with Crippen LogP contribution in [0, 0.1) is 11.3 Å². The van der Waals surface area contributed by atoms with Crippen LogP contribution in [0.5, 0.6) is 0 Å². The summed E-state index contributed by atoms with van der Waals surface area (Å²) in [7, 11) is 2.80. The summed E-state index contributed by atoms with van der Waals surface area (Å²) in [6, 6.07) is 0. The molecule has 1 rings (SSSR count). The third-order valence-corrected chi connectivity index (χ3v) is 4.42. The van der Waals surface area contributed by atoms with Crippen molar-refractivity contribution in [2.24, 2.45) is 11.3 Å². The van der Waals surface area contributed by atoms with Gasteiger partial charge in [-0.25, -0.2) is 0 Å². The van der Waals surface area contributed by atoms with Crippen molar-refractivity contribution in [1.82, 2.24) is 0 Å². The molecule has 0 aromatic heterocycles. The average molecular weight is 293 g/mol. The van der Waals surface area contributed by atoms with Crippen LogP contribution in [-0.4, -0.2) is 31.5 Å². The highest BCUT2D eigenvalue weighted by Gasteiger charge is 2.43. The van der Waals surface area contributed by atoms with Crippen LogP contribution in [0.1, 0.15) is 25.7 Å². The van der Waals surface area contributed by atoms with Gasteiger partial charge in [-0.1, -0.05) is 15.9 Å². The highest BCUT2D eigenvalue weighted by Crippen LogP contribution is 2.41. The first kappa shape index (κ1) is 13.5. The van der Waals surface area contributed by atoms with Crippen LogP contribution in [0.3, 0.4) is 0 Å². The maximum absolute atomic E-state index is 11.7. The molecule has 0 unspecified atom stereocenters. The number of alkyl halides is 1. The monoisotopic (exact) mass is 292 g/mol. The molecule has 1 saturated carbocycles. The Morgan fingerprint density at radius 1 is 1.25 bits per heavy atom. The second-order valence-corrected chi connectivity index (χ2v) is 4.76. The first-order valence-electron chi connectivity index (χ1n) is 5.32. The maximum Gasteiger partial charge on any atom is 0.312 e. The fraction of sp³-hybridized carbons (Fsp3) is 0.818. The molecule has 16 heavy (non-hydrogen) atoms. The minimum absolute atomic E-state index is 0.0677. The van der Waals surface area contributed by atoms with Gasteiger partial charge in [-0.2, -0.15) is 0 Å². The van der Waals surface area contributed by atoms with Crippen LogP contribution in [0.15, 0.2) is 0 Å². The number of ether oxygens (including phenoxy) is 2. The molecule has 0 heterocycles. The summed E-state index contributed by atoms with van der Waals surface area (Å²) < 4.78 is 9.53. The highest BCUT2D eigenvalue weighted by atomic mass is 79.9. The fourth-order valence-corrected chi connectivity index (χ4v) is 2.97. The molecule has 0 bridgehead atoms. The van der Waals surface area contributed by atoms with Gasteiger partial charge in [0.1, 0.15) is 0 Å². The Hall–Kier alpha value is -0.580. The van der Waals surface area contributed by atoms with Crippen molar-refractivity contribution in [3.05, 3.63) is 0 Å². The zero-order valence-electron chi connectivity index (χ0n) is 9.62. The summed E-state index contributed by atoms with van der Waals surface area (Å²) in [5.74, 6) is -0.428. The van der Waals surface area contributed by atoms with E-state index in [1.54, 1.807) is 0 Å². The van der Waals surface area contributed by atoms with Gasteiger partial charge in [-0.05, 0) is 25.7 Å². The van der Waals surface area contributed by atoms with E-state index < -0.39 is 5.41 Å². The third-order valence-electron chi connectivity index (χ3n) is 3.35. The number of carbonyl (C=O) groups excluding carboxylic acids is 2. The van der Waals surface area contributed by atoms with E-state index in [2.05, 4.69) is 15.9 Å². The molecular weight excluding hydrogens is 276 g/mol. The summed E-state index contributed by atoms with van der Waals surface area (Å²) >= 11 is 3.37. The van der Waals surface area contributed by atoms with Crippen LogP contribution in [-0.2, 0) is 19.1 Å². The summed E-state index contributed by atoms with van der Waals surface area (Å²) in [6.07, 6.45) is 2.72. The number of hydrogen-bond acceptors (Lipinski definition) is 4. The number of rotatable bonds is 3. The molecule has 0 aliphatic heterocycles. The van der Waals surface area contributed by atoms with E-state index in [9.17, 15) is 9.59 Å². The van der Waals surface area contributed by atoms with E-state index >= 15 is 0 Å². The summed E-state index contributed by atoms with van der Waals surface area (Å²) in [6.45, 7) is 0. The van der Waals surface area contributed by atoms with Crippen LogP contribution >= 0.6 is 15.9 Å². The van der Waals surface area contributed by atoms with E-state index in [-0.39, 0.29) is 17.9 Å². The van der Waals surface area contributed by atoms with E-state index in [0.29, 0.717) is 31.0 Å². The zero-order chi connectivity index (χ0) is 12.2. The van der Waals surface area contributed by atoms with Crippen molar-refractivity contribution < 1.29 is 19.1 Å². The van der Waals surface area contributed by atoms with Crippen LogP contribution < -0.4 is 0 Å². The van der Waals surface area contributed by atoms with E-state index in [1.807, 2.05) is 0 Å². The number of hydrogen-bond donors (Lipinski definition) is 0. The van der Waals surface area contributed by atoms with Crippen LogP contribution in [0.4, 0.5) is 0 Å². The lowest BCUT2D eigenvalue weighted by molar-refractivity contribution is -0.157. The predicted molar refractivity (Wildman–Crippen MR) is 62.2 cm³/mol. The van der Waals surface area contributed by atoms with Crippen molar-refractivity contribution in [3.8, 4) is 0 Å². The molecule has 0 aromatic carbocycles. The molecule has 0 spiro atoms. The first-order valence-corrected chi connectivity index (χ1v) is 6.44. The summed E-state index contributed by atoms with van der Waals surface area (Å²) in [5, 5.41) is 0.584. The van der Waals surface area contributed by atoms with E-state index in [1.165, 1.54) is 14.2 Å². The highest BCUT2D eigenvalue weighted by molar-refractivity contribution is 9.09. The van der Waals surface area contributed by atoms with Crippen molar-refractivity contribution in [2.45, 2.75) is 25.7 Å². The smallest absolute Gasteiger partial charge is 0.312 e. The van der Waals surface area contributed by atoms with Crippen molar-refractivity contribution in [3.63, 3.8) is 0 Å². The Balaban J connectivity index is 2.64. The fourth-order valence-electron chi connectivity index (χ4n) is 2.18. The molecule has 0 radical (unpaired) electrons. The molecule has 0 amide bonds. The van der Waals surface area contributed by atoms with E-state index in [4.69, 9.17) is 9.47 Å². The summed E-state index contributed by atoms with van der Waals surface area (Å²) in [4.78, 5) is 23.1. The Bertz CT molecular complexity index is 269. The van der Waals surface area contributed by atoms with Gasteiger partial charge >= 0.3 is 11.9 Å². The quantitative estimate of drug-likeness (QED) is 0.589. The van der Waals surface area contributed by atoms with Crippen LogP contribution in [0.2, 0.25) is 0 Å². The largest absolute Gasteiger partial charge is 0.469 e. The molecule has 4 nitrogen and oxygen atoms in total. The summed E-state index contributed by atoms with van der Waals surface area (Å²) in [5.41, 5.74) is -0.459. The molecule has 92 valence electrons. The second-order valence-electron chi connectivity index (χ2n) is 4.20. The SMILES string of the molecule is COC(=O)C1CCC(CBr)(C(=O)OC)CC1. The second kappa shape index (κ2) is 5.66. The normalized spacial score (nSPS) is 29.6. The first-order chi connectivity index (χ1) is 7.59. The Kier molecular flexibility index (Phi) is 4.77. The number of esters is 2. The lowest BCUT2D eigenvalue weighted by atomic mass is 9.71. The van der Waals surface area contributed by atoms with Crippen LogP contribution in [0.25, 0.3) is 0 Å². The number of halogens is 1. The van der Waals surface area contributed by atoms with Gasteiger partial charge in [0.15, 0.2) is 0 Å². The third kappa shape index (κ3) is 2.56. The lowest BCUT2D eigenvalue weighted by Crippen LogP contribution is -2.39.